The molecule has 1 aliphatic heterocycles. The van der Waals surface area contributed by atoms with Gasteiger partial charge in [-0.15, -0.1) is 0 Å². The van der Waals surface area contributed by atoms with Crippen LogP contribution in [0.5, 0.6) is 0 Å². The molecule has 1 aromatic heterocycles. The Morgan fingerprint density at radius 2 is 2.00 bits per heavy atom. The molecule has 7 nitrogen and oxygen atoms in total. The SMILES string of the molecule is C=N/C(=C(\C=C/C)Sc1c(N)nc(N2CCC3(CC2)C[C@H](F)C[C@H]3N)n(C)c1=O)C(F)(F)F. The molecule has 3 rings (SSSR count). The Bertz CT molecular complexity index is 1030. The van der Waals surface area contributed by atoms with E-state index in [1.165, 1.54) is 23.8 Å². The summed E-state index contributed by atoms with van der Waals surface area (Å²) in [6.07, 6.45) is -0.928. The van der Waals surface area contributed by atoms with Crippen molar-refractivity contribution in [3.05, 3.63) is 33.1 Å². The molecule has 1 saturated heterocycles. The van der Waals surface area contributed by atoms with Crippen molar-refractivity contribution in [3.63, 3.8) is 0 Å². The van der Waals surface area contributed by atoms with Gasteiger partial charge in [-0.05, 0) is 44.7 Å². The highest BCUT2D eigenvalue weighted by Crippen LogP contribution is 2.47. The minimum Gasteiger partial charge on any atom is -0.382 e. The third-order valence-electron chi connectivity index (χ3n) is 6.41. The molecule has 2 fully saturated rings. The first kappa shape index (κ1) is 25.3. The minimum absolute atomic E-state index is 0.133. The van der Waals surface area contributed by atoms with Crippen molar-refractivity contribution in [2.45, 2.75) is 55.9 Å². The van der Waals surface area contributed by atoms with E-state index in [0.29, 0.717) is 56.5 Å². The lowest BCUT2D eigenvalue weighted by Gasteiger charge is -2.42. The van der Waals surface area contributed by atoms with E-state index in [0.717, 1.165) is 0 Å². The number of anilines is 2. The summed E-state index contributed by atoms with van der Waals surface area (Å²) in [6, 6.07) is -0.201. The lowest BCUT2D eigenvalue weighted by atomic mass is 9.74. The Kier molecular flexibility index (Phi) is 7.27. The highest BCUT2D eigenvalue weighted by Gasteiger charge is 2.47. The average Bonchev–Trinajstić information content (AvgIpc) is 3.00. The van der Waals surface area contributed by atoms with Gasteiger partial charge >= 0.3 is 6.18 Å². The zero-order valence-corrected chi connectivity index (χ0v) is 19.3. The number of nitrogens with zero attached hydrogens (tertiary/aromatic N) is 4. The van der Waals surface area contributed by atoms with Crippen LogP contribution in [0.4, 0.5) is 29.3 Å². The molecule has 1 saturated carbocycles. The van der Waals surface area contributed by atoms with Gasteiger partial charge in [0.1, 0.15) is 16.9 Å². The molecule has 0 amide bonds. The Labute approximate surface area is 193 Å². The largest absolute Gasteiger partial charge is 0.434 e. The van der Waals surface area contributed by atoms with E-state index in [4.69, 9.17) is 11.5 Å². The first-order valence-corrected chi connectivity index (χ1v) is 11.3. The van der Waals surface area contributed by atoms with Gasteiger partial charge < -0.3 is 16.4 Å². The molecule has 0 bridgehead atoms. The number of nitrogen functional groups attached to an aromatic ring is 1. The van der Waals surface area contributed by atoms with Crippen molar-refractivity contribution in [3.8, 4) is 0 Å². The number of thioether (sulfide) groups is 1. The molecule has 0 aromatic carbocycles. The zero-order valence-electron chi connectivity index (χ0n) is 18.5. The maximum atomic E-state index is 13.9. The van der Waals surface area contributed by atoms with Crippen LogP contribution in [0.2, 0.25) is 0 Å². The first-order valence-electron chi connectivity index (χ1n) is 10.5. The number of aliphatic imine (C=N–C) groups is 1. The number of hydrogen-bond donors (Lipinski definition) is 2. The van der Waals surface area contributed by atoms with Crippen LogP contribution in [-0.2, 0) is 7.05 Å². The Morgan fingerprint density at radius 3 is 2.48 bits per heavy atom. The van der Waals surface area contributed by atoms with E-state index < -0.39 is 23.6 Å². The van der Waals surface area contributed by atoms with Crippen molar-refractivity contribution in [1.29, 1.82) is 0 Å². The molecule has 0 radical (unpaired) electrons. The molecule has 2 heterocycles. The third-order valence-corrected chi connectivity index (χ3v) is 7.55. The van der Waals surface area contributed by atoms with E-state index >= 15 is 0 Å². The van der Waals surface area contributed by atoms with Crippen LogP contribution >= 0.6 is 11.8 Å². The molecule has 182 valence electrons. The molecule has 33 heavy (non-hydrogen) atoms. The van der Waals surface area contributed by atoms with E-state index in [9.17, 15) is 22.4 Å². The predicted molar refractivity (Wildman–Crippen MR) is 123 cm³/mol. The molecule has 2 atom stereocenters. The molecule has 1 aromatic rings. The van der Waals surface area contributed by atoms with Crippen molar-refractivity contribution in [2.24, 2.45) is 23.2 Å². The maximum Gasteiger partial charge on any atom is 0.434 e. The monoisotopic (exact) mass is 488 g/mol. The van der Waals surface area contributed by atoms with Crippen LogP contribution in [0.3, 0.4) is 0 Å². The second-order valence-electron chi connectivity index (χ2n) is 8.45. The number of halogens is 4. The first-order chi connectivity index (χ1) is 15.4. The summed E-state index contributed by atoms with van der Waals surface area (Å²) in [4.78, 5) is 21.9. The van der Waals surface area contributed by atoms with Gasteiger partial charge in [-0.1, -0.05) is 23.9 Å². The van der Waals surface area contributed by atoms with Gasteiger partial charge in [-0.25, -0.2) is 4.39 Å². The molecular weight excluding hydrogens is 460 g/mol. The number of alkyl halides is 4. The van der Waals surface area contributed by atoms with Gasteiger partial charge in [-0.2, -0.15) is 18.2 Å². The fraction of sp³-hybridized carbons (Fsp3) is 0.571. The van der Waals surface area contributed by atoms with Gasteiger partial charge in [0.2, 0.25) is 5.95 Å². The molecule has 1 aliphatic carbocycles. The molecule has 0 unspecified atom stereocenters. The van der Waals surface area contributed by atoms with Crippen LogP contribution < -0.4 is 21.9 Å². The van der Waals surface area contributed by atoms with Gasteiger partial charge in [0, 0.05) is 31.1 Å². The fourth-order valence-electron chi connectivity index (χ4n) is 4.62. The van der Waals surface area contributed by atoms with Crippen LogP contribution in [0.1, 0.15) is 32.6 Å². The number of allylic oxidation sites excluding steroid dienone is 3. The van der Waals surface area contributed by atoms with Crippen LogP contribution in [0.15, 0.2) is 37.4 Å². The lowest BCUT2D eigenvalue weighted by molar-refractivity contribution is -0.0924. The van der Waals surface area contributed by atoms with E-state index in [2.05, 4.69) is 16.7 Å². The van der Waals surface area contributed by atoms with Crippen molar-refractivity contribution < 1.29 is 17.6 Å². The number of rotatable bonds is 5. The topological polar surface area (TPSA) is 103 Å². The molecule has 12 heteroatoms. The molecule has 2 aliphatic rings. The summed E-state index contributed by atoms with van der Waals surface area (Å²) >= 11 is 0.553. The third kappa shape index (κ3) is 4.96. The predicted octanol–water partition coefficient (Wildman–Crippen LogP) is 3.55. The smallest absolute Gasteiger partial charge is 0.382 e. The summed E-state index contributed by atoms with van der Waals surface area (Å²) in [7, 11) is 1.49. The van der Waals surface area contributed by atoms with Gasteiger partial charge in [0.15, 0.2) is 5.70 Å². The second kappa shape index (κ2) is 9.49. The Hall–Kier alpha value is -2.34. The van der Waals surface area contributed by atoms with Crippen molar-refractivity contribution in [2.75, 3.05) is 23.7 Å². The number of aromatic nitrogens is 2. The Balaban J connectivity index is 1.91. The second-order valence-corrected chi connectivity index (χ2v) is 9.51. The number of piperidine rings is 1. The van der Waals surface area contributed by atoms with Crippen molar-refractivity contribution in [1.82, 2.24) is 9.55 Å². The van der Waals surface area contributed by atoms with E-state index in [1.54, 1.807) is 6.92 Å². The standard InChI is InChI=1S/C21H28F4N6OS/c1-4-5-13(16(28-2)21(23,24)25)33-15-17(27)29-19(30(3)18(15)32)31-8-6-20(7-9-31)11-12(22)10-14(20)26/h4-5,12,14H,2,6-11,26-27H2,1,3H3/b5-4-,16-13+/t12-,14-/m1/s1. The minimum atomic E-state index is -4.75. The number of nitrogens with two attached hydrogens (primary N) is 2. The van der Waals surface area contributed by atoms with Crippen LogP contribution in [0.25, 0.3) is 0 Å². The molecule has 1 spiro atoms. The zero-order chi connectivity index (χ0) is 24.6. The fourth-order valence-corrected chi connectivity index (χ4v) is 5.70. The normalized spacial score (nSPS) is 23.9. The van der Waals surface area contributed by atoms with E-state index in [1.807, 2.05) is 4.90 Å². The van der Waals surface area contributed by atoms with Gasteiger partial charge in [0.25, 0.3) is 5.56 Å². The average molecular weight is 489 g/mol. The van der Waals surface area contributed by atoms with Crippen LogP contribution in [0, 0.1) is 5.41 Å². The maximum absolute atomic E-state index is 13.9. The number of hydrogen-bond acceptors (Lipinski definition) is 7. The lowest BCUT2D eigenvalue weighted by Crippen LogP contribution is -2.48. The molecule has 4 N–H and O–H groups in total. The summed E-state index contributed by atoms with van der Waals surface area (Å²) < 4.78 is 55.2. The summed E-state index contributed by atoms with van der Waals surface area (Å²) in [5.74, 6) is 0.141. The summed E-state index contributed by atoms with van der Waals surface area (Å²) in [5.41, 5.74) is 10.2. The highest BCUT2D eigenvalue weighted by atomic mass is 32.2. The molecular formula is C21H28F4N6OS. The van der Waals surface area contributed by atoms with Crippen LogP contribution in [-0.4, -0.2) is 47.7 Å². The quantitative estimate of drug-likeness (QED) is 0.284. The Morgan fingerprint density at radius 1 is 1.36 bits per heavy atom. The summed E-state index contributed by atoms with van der Waals surface area (Å²) in [6.45, 7) is 5.60. The summed E-state index contributed by atoms with van der Waals surface area (Å²) in [5, 5.41) is 0. The van der Waals surface area contributed by atoms with Gasteiger partial charge in [0.05, 0.1) is 0 Å². The van der Waals surface area contributed by atoms with Crippen molar-refractivity contribution >= 4 is 30.2 Å². The van der Waals surface area contributed by atoms with E-state index in [-0.39, 0.29) is 27.1 Å². The highest BCUT2D eigenvalue weighted by molar-refractivity contribution is 8.03. The van der Waals surface area contributed by atoms with Gasteiger partial charge in [-0.3, -0.25) is 14.4 Å².